The van der Waals surface area contributed by atoms with Crippen LogP contribution in [0.2, 0.25) is 0 Å². The second-order valence-corrected chi connectivity index (χ2v) is 6.24. The summed E-state index contributed by atoms with van der Waals surface area (Å²) in [7, 11) is 1.64. The topological polar surface area (TPSA) is 35.5 Å². The van der Waals surface area contributed by atoms with Crippen LogP contribution in [0.25, 0.3) is 17.2 Å². The van der Waals surface area contributed by atoms with Gasteiger partial charge in [-0.05, 0) is 56.2 Å². The first kappa shape index (κ1) is 16.8. The number of hydrogen-bond donors (Lipinski definition) is 0. The molecule has 0 aliphatic rings. The molecule has 0 atom stereocenters. The number of methoxy groups -OCH3 is 1. The molecule has 0 amide bonds. The third-order valence-electron chi connectivity index (χ3n) is 3.30. The molecule has 0 spiro atoms. The number of esters is 1. The number of carbonyl (C=O) groups excluding carboxylic acids is 1. The largest absolute Gasteiger partial charge is 0.496 e. The van der Waals surface area contributed by atoms with Crippen LogP contribution in [0.15, 0.2) is 49.0 Å². The highest BCUT2D eigenvalue weighted by molar-refractivity contribution is 5.90. The normalized spacial score (nSPS) is 11.0. The van der Waals surface area contributed by atoms with Gasteiger partial charge in [0.05, 0.1) is 12.7 Å². The molecule has 0 N–H and O–H groups in total. The van der Waals surface area contributed by atoms with Crippen molar-refractivity contribution >= 4 is 12.0 Å². The third kappa shape index (κ3) is 4.22. The molecule has 0 bridgehead atoms. The van der Waals surface area contributed by atoms with E-state index in [2.05, 4.69) is 6.58 Å². The van der Waals surface area contributed by atoms with Gasteiger partial charge in [0.25, 0.3) is 0 Å². The average molecular weight is 310 g/mol. The van der Waals surface area contributed by atoms with Crippen LogP contribution in [0.4, 0.5) is 0 Å². The zero-order chi connectivity index (χ0) is 17.0. The first-order chi connectivity index (χ1) is 10.8. The van der Waals surface area contributed by atoms with E-state index >= 15 is 0 Å². The maximum atomic E-state index is 12.0. The Kier molecular flexibility index (Phi) is 4.89. The van der Waals surface area contributed by atoms with Crippen LogP contribution in [0, 0.1) is 0 Å². The SMILES string of the molecule is C=Cc1cc(-c2ccc(C(=O)OC(C)(C)C)cc2)ccc1OC. The summed E-state index contributed by atoms with van der Waals surface area (Å²) in [5.74, 6) is 0.472. The van der Waals surface area contributed by atoms with Crippen molar-refractivity contribution in [3.63, 3.8) is 0 Å². The molecule has 0 aliphatic carbocycles. The Hall–Kier alpha value is -2.55. The molecule has 3 nitrogen and oxygen atoms in total. The van der Waals surface area contributed by atoms with Gasteiger partial charge in [-0.25, -0.2) is 4.79 Å². The Labute approximate surface area is 137 Å². The molecule has 0 aromatic heterocycles. The lowest BCUT2D eigenvalue weighted by Gasteiger charge is -2.19. The van der Waals surface area contributed by atoms with E-state index in [1.807, 2.05) is 51.1 Å². The van der Waals surface area contributed by atoms with E-state index in [4.69, 9.17) is 9.47 Å². The van der Waals surface area contributed by atoms with Crippen LogP contribution in [0.3, 0.4) is 0 Å². The quantitative estimate of drug-likeness (QED) is 0.749. The highest BCUT2D eigenvalue weighted by Crippen LogP contribution is 2.27. The molecule has 0 radical (unpaired) electrons. The molecular formula is C20H22O3. The molecule has 2 aromatic carbocycles. The van der Waals surface area contributed by atoms with E-state index in [-0.39, 0.29) is 5.97 Å². The smallest absolute Gasteiger partial charge is 0.338 e. The minimum absolute atomic E-state index is 0.314. The van der Waals surface area contributed by atoms with Crippen LogP contribution < -0.4 is 4.74 Å². The lowest BCUT2D eigenvalue weighted by Crippen LogP contribution is -2.23. The fourth-order valence-electron chi connectivity index (χ4n) is 2.21. The zero-order valence-electron chi connectivity index (χ0n) is 14.1. The van der Waals surface area contributed by atoms with Gasteiger partial charge in [0.1, 0.15) is 11.4 Å². The monoisotopic (exact) mass is 310 g/mol. The van der Waals surface area contributed by atoms with Gasteiger partial charge in [-0.2, -0.15) is 0 Å². The summed E-state index contributed by atoms with van der Waals surface area (Å²) in [6.07, 6.45) is 1.76. The molecule has 2 rings (SSSR count). The van der Waals surface area contributed by atoms with Crippen LogP contribution in [-0.4, -0.2) is 18.7 Å². The Balaban J connectivity index is 2.26. The predicted octanol–water partition coefficient (Wildman–Crippen LogP) is 4.96. The van der Waals surface area contributed by atoms with Gasteiger partial charge in [-0.3, -0.25) is 0 Å². The van der Waals surface area contributed by atoms with Gasteiger partial charge in [-0.15, -0.1) is 0 Å². The standard InChI is InChI=1S/C20H22O3/c1-6-14-13-17(11-12-18(14)22-5)15-7-9-16(10-8-15)19(21)23-20(2,3)4/h6-13H,1H2,2-5H3. The average Bonchev–Trinajstić information content (AvgIpc) is 2.52. The van der Waals surface area contributed by atoms with Crippen molar-refractivity contribution in [3.05, 3.63) is 60.2 Å². The predicted molar refractivity (Wildman–Crippen MR) is 93.7 cm³/mol. The highest BCUT2D eigenvalue weighted by Gasteiger charge is 2.17. The Morgan fingerprint density at radius 3 is 2.17 bits per heavy atom. The molecule has 23 heavy (non-hydrogen) atoms. The van der Waals surface area contributed by atoms with Crippen molar-refractivity contribution in [2.24, 2.45) is 0 Å². The molecule has 0 fully saturated rings. The minimum Gasteiger partial charge on any atom is -0.496 e. The molecule has 0 saturated heterocycles. The second-order valence-electron chi connectivity index (χ2n) is 6.24. The van der Waals surface area contributed by atoms with Gasteiger partial charge >= 0.3 is 5.97 Å². The summed E-state index contributed by atoms with van der Waals surface area (Å²) in [5.41, 5.74) is 3.03. The van der Waals surface area contributed by atoms with Crippen molar-refractivity contribution in [3.8, 4) is 16.9 Å². The van der Waals surface area contributed by atoms with Crippen molar-refractivity contribution in [2.75, 3.05) is 7.11 Å². The summed E-state index contributed by atoms with van der Waals surface area (Å²) in [6.45, 7) is 9.37. The van der Waals surface area contributed by atoms with E-state index in [0.29, 0.717) is 5.56 Å². The second kappa shape index (κ2) is 6.69. The number of hydrogen-bond acceptors (Lipinski definition) is 3. The first-order valence-corrected chi connectivity index (χ1v) is 7.48. The molecule has 0 saturated carbocycles. The van der Waals surface area contributed by atoms with E-state index in [1.54, 1.807) is 25.3 Å². The van der Waals surface area contributed by atoms with Crippen molar-refractivity contribution in [2.45, 2.75) is 26.4 Å². The van der Waals surface area contributed by atoms with Crippen molar-refractivity contribution < 1.29 is 14.3 Å². The third-order valence-corrected chi connectivity index (χ3v) is 3.30. The van der Waals surface area contributed by atoms with Crippen LogP contribution in [-0.2, 0) is 4.74 Å². The summed E-state index contributed by atoms with van der Waals surface area (Å²) in [4.78, 5) is 12.0. The minimum atomic E-state index is -0.495. The maximum Gasteiger partial charge on any atom is 0.338 e. The molecule has 0 heterocycles. The number of rotatable bonds is 4. The lowest BCUT2D eigenvalue weighted by molar-refractivity contribution is 0.00696. The summed E-state index contributed by atoms with van der Waals surface area (Å²) < 4.78 is 10.7. The Morgan fingerprint density at radius 2 is 1.65 bits per heavy atom. The molecular weight excluding hydrogens is 288 g/mol. The van der Waals surface area contributed by atoms with Gasteiger partial charge in [0, 0.05) is 5.56 Å². The van der Waals surface area contributed by atoms with Crippen LogP contribution >= 0.6 is 0 Å². The Morgan fingerprint density at radius 1 is 1.04 bits per heavy atom. The van der Waals surface area contributed by atoms with Crippen LogP contribution in [0.1, 0.15) is 36.7 Å². The molecule has 120 valence electrons. The fraction of sp³-hybridized carbons (Fsp3) is 0.250. The number of carbonyl (C=O) groups is 1. The molecule has 2 aromatic rings. The highest BCUT2D eigenvalue weighted by atomic mass is 16.6. The lowest BCUT2D eigenvalue weighted by atomic mass is 10.0. The number of benzene rings is 2. The van der Waals surface area contributed by atoms with E-state index in [9.17, 15) is 4.79 Å². The van der Waals surface area contributed by atoms with Crippen LogP contribution in [0.5, 0.6) is 5.75 Å². The first-order valence-electron chi connectivity index (χ1n) is 7.48. The molecule has 0 unspecified atom stereocenters. The van der Waals surface area contributed by atoms with Crippen molar-refractivity contribution in [1.29, 1.82) is 0 Å². The number of ether oxygens (including phenoxy) is 2. The molecule has 3 heteroatoms. The fourth-order valence-corrected chi connectivity index (χ4v) is 2.21. The summed E-state index contributed by atoms with van der Waals surface area (Å²) >= 11 is 0. The maximum absolute atomic E-state index is 12.0. The zero-order valence-corrected chi connectivity index (χ0v) is 14.1. The Bertz CT molecular complexity index is 707. The van der Waals surface area contributed by atoms with Crippen molar-refractivity contribution in [1.82, 2.24) is 0 Å². The van der Waals surface area contributed by atoms with E-state index in [1.165, 1.54) is 0 Å². The van der Waals surface area contributed by atoms with E-state index in [0.717, 1.165) is 22.4 Å². The van der Waals surface area contributed by atoms with Gasteiger partial charge in [0.2, 0.25) is 0 Å². The van der Waals surface area contributed by atoms with Gasteiger partial charge in [0.15, 0.2) is 0 Å². The van der Waals surface area contributed by atoms with Gasteiger partial charge in [-0.1, -0.05) is 30.9 Å². The van der Waals surface area contributed by atoms with E-state index < -0.39 is 5.60 Å². The summed E-state index contributed by atoms with van der Waals surface area (Å²) in [6, 6.07) is 13.3. The summed E-state index contributed by atoms with van der Waals surface area (Å²) in [5, 5.41) is 0. The van der Waals surface area contributed by atoms with Gasteiger partial charge < -0.3 is 9.47 Å². The molecule has 0 aliphatic heterocycles.